The smallest absolute Gasteiger partial charge is 0.339 e. The molecule has 0 radical (unpaired) electrons. The van der Waals surface area contributed by atoms with E-state index in [0.717, 1.165) is 18.2 Å². The van der Waals surface area contributed by atoms with Gasteiger partial charge in [0.1, 0.15) is 23.6 Å². The Hall–Kier alpha value is -2.99. The van der Waals surface area contributed by atoms with Crippen LogP contribution in [0.5, 0.6) is 5.75 Å². The molecule has 0 aromatic heterocycles. The van der Waals surface area contributed by atoms with E-state index in [1.807, 2.05) is 0 Å². The van der Waals surface area contributed by atoms with Crippen molar-refractivity contribution in [2.24, 2.45) is 5.92 Å². The van der Waals surface area contributed by atoms with E-state index in [0.29, 0.717) is 25.5 Å². The predicted molar refractivity (Wildman–Crippen MR) is 104 cm³/mol. The van der Waals surface area contributed by atoms with E-state index in [1.165, 1.54) is 0 Å². The standard InChI is InChI=1S/C18H24N2O9S/c1-11(16(23)20-14(7-9-21)18(26)27)4-2-3-8-19-30(28,29)12-5-6-15(22)13(10-12)17(24)25/h5-6,9-11,14,19,22H,2-4,7-8H2,1H3,(H,20,23)(H,24,25)(H,26,27)/t11?,14-/m0/s1. The number of carbonyl (C=O) groups excluding carboxylic acids is 2. The monoisotopic (exact) mass is 444 g/mol. The molecule has 0 spiro atoms. The molecule has 0 aliphatic carbocycles. The van der Waals surface area contributed by atoms with Crippen molar-refractivity contribution >= 4 is 34.2 Å². The molecule has 12 heteroatoms. The average Bonchev–Trinajstić information content (AvgIpc) is 2.66. The van der Waals surface area contributed by atoms with Crippen molar-refractivity contribution in [3.63, 3.8) is 0 Å². The van der Waals surface area contributed by atoms with E-state index >= 15 is 0 Å². The van der Waals surface area contributed by atoms with Crippen LogP contribution in [0.3, 0.4) is 0 Å². The zero-order valence-electron chi connectivity index (χ0n) is 16.2. The van der Waals surface area contributed by atoms with Gasteiger partial charge in [-0.2, -0.15) is 0 Å². The maximum atomic E-state index is 12.2. The number of rotatable bonds is 13. The van der Waals surface area contributed by atoms with Crippen molar-refractivity contribution in [2.45, 2.75) is 43.5 Å². The third kappa shape index (κ3) is 7.44. The molecule has 30 heavy (non-hydrogen) atoms. The molecule has 11 nitrogen and oxygen atoms in total. The highest BCUT2D eigenvalue weighted by molar-refractivity contribution is 7.89. The van der Waals surface area contributed by atoms with Gasteiger partial charge in [-0.05, 0) is 31.0 Å². The summed E-state index contributed by atoms with van der Waals surface area (Å²) in [5.74, 6) is -4.38. The number of aromatic carboxylic acids is 1. The van der Waals surface area contributed by atoms with Gasteiger partial charge in [0.15, 0.2) is 0 Å². The number of amides is 1. The minimum atomic E-state index is -3.98. The summed E-state index contributed by atoms with van der Waals surface area (Å²) in [6.07, 6.45) is 1.26. The van der Waals surface area contributed by atoms with Gasteiger partial charge in [-0.3, -0.25) is 4.79 Å². The van der Waals surface area contributed by atoms with E-state index < -0.39 is 51.1 Å². The molecule has 1 amide bonds. The van der Waals surface area contributed by atoms with E-state index in [1.54, 1.807) is 6.92 Å². The highest BCUT2D eigenvalue weighted by Crippen LogP contribution is 2.21. The van der Waals surface area contributed by atoms with Gasteiger partial charge in [-0.15, -0.1) is 0 Å². The number of sulfonamides is 1. The van der Waals surface area contributed by atoms with E-state index in [-0.39, 0.29) is 17.9 Å². The number of unbranched alkanes of at least 4 members (excludes halogenated alkanes) is 1. The van der Waals surface area contributed by atoms with Crippen LogP contribution in [0, 0.1) is 5.92 Å². The lowest BCUT2D eigenvalue weighted by atomic mass is 10.0. The number of carboxylic acids is 2. The summed E-state index contributed by atoms with van der Waals surface area (Å²) >= 11 is 0. The van der Waals surface area contributed by atoms with Crippen LogP contribution in [0.1, 0.15) is 43.0 Å². The summed E-state index contributed by atoms with van der Waals surface area (Å²) in [5, 5.41) is 29.6. The zero-order chi connectivity index (χ0) is 22.9. The van der Waals surface area contributed by atoms with Gasteiger partial charge in [0.05, 0.1) is 4.90 Å². The second-order valence-electron chi connectivity index (χ2n) is 6.58. The van der Waals surface area contributed by atoms with Crippen LogP contribution >= 0.6 is 0 Å². The molecule has 0 aliphatic rings. The molecule has 166 valence electrons. The molecule has 1 aromatic carbocycles. The number of aliphatic carboxylic acids is 1. The molecule has 1 rings (SSSR count). The van der Waals surface area contributed by atoms with Crippen molar-refractivity contribution in [3.8, 4) is 5.75 Å². The molecular weight excluding hydrogens is 420 g/mol. The Bertz CT molecular complexity index is 899. The van der Waals surface area contributed by atoms with Crippen LogP contribution in [-0.4, -0.2) is 60.5 Å². The molecule has 0 saturated carbocycles. The summed E-state index contributed by atoms with van der Waals surface area (Å²) in [6, 6.07) is 1.62. The second kappa shape index (κ2) is 11.3. The van der Waals surface area contributed by atoms with Crippen LogP contribution in [0.15, 0.2) is 23.1 Å². The van der Waals surface area contributed by atoms with Gasteiger partial charge in [-0.25, -0.2) is 22.7 Å². The summed E-state index contributed by atoms with van der Waals surface area (Å²) in [5.41, 5.74) is -0.535. The van der Waals surface area contributed by atoms with Gasteiger partial charge >= 0.3 is 11.9 Å². The first-order valence-corrected chi connectivity index (χ1v) is 10.5. The highest BCUT2D eigenvalue weighted by Gasteiger charge is 2.22. The van der Waals surface area contributed by atoms with Crippen molar-refractivity contribution in [2.75, 3.05) is 6.54 Å². The van der Waals surface area contributed by atoms with Gasteiger partial charge in [0.25, 0.3) is 0 Å². The Labute approximate surface area is 173 Å². The number of hydrogen-bond donors (Lipinski definition) is 5. The molecular formula is C18H24N2O9S. The summed E-state index contributed by atoms with van der Waals surface area (Å²) in [6.45, 7) is 1.62. The Morgan fingerprint density at radius 2 is 1.83 bits per heavy atom. The van der Waals surface area contributed by atoms with Gasteiger partial charge in [-0.1, -0.05) is 13.3 Å². The fourth-order valence-corrected chi connectivity index (χ4v) is 3.58. The van der Waals surface area contributed by atoms with Gasteiger partial charge in [0.2, 0.25) is 15.9 Å². The molecule has 2 atom stereocenters. The number of nitrogens with one attached hydrogen (secondary N) is 2. The predicted octanol–water partition coefficient (Wildman–Crippen LogP) is 0.334. The molecule has 1 aromatic rings. The molecule has 1 unspecified atom stereocenters. The molecule has 0 fully saturated rings. The highest BCUT2D eigenvalue weighted by atomic mass is 32.2. The quantitative estimate of drug-likeness (QED) is 0.211. The lowest BCUT2D eigenvalue weighted by Crippen LogP contribution is -2.43. The maximum Gasteiger partial charge on any atom is 0.339 e. The summed E-state index contributed by atoms with van der Waals surface area (Å²) in [7, 11) is -3.98. The fraction of sp³-hybridized carbons (Fsp3) is 0.444. The number of carbonyl (C=O) groups is 4. The third-order valence-electron chi connectivity index (χ3n) is 4.26. The van der Waals surface area contributed by atoms with Crippen LogP contribution < -0.4 is 10.0 Å². The van der Waals surface area contributed by atoms with Crippen molar-refractivity contribution in [1.82, 2.24) is 10.0 Å². The van der Waals surface area contributed by atoms with Crippen LogP contribution in [-0.2, 0) is 24.4 Å². The number of phenols is 1. The first-order chi connectivity index (χ1) is 14.0. The Morgan fingerprint density at radius 1 is 1.17 bits per heavy atom. The topological polar surface area (TPSA) is 187 Å². The first-order valence-electron chi connectivity index (χ1n) is 9.02. The van der Waals surface area contributed by atoms with Crippen molar-refractivity contribution < 1.29 is 42.9 Å². The Balaban J connectivity index is 2.50. The number of carboxylic acid groups (broad SMARTS) is 2. The van der Waals surface area contributed by atoms with E-state index in [2.05, 4.69) is 10.0 Å². The number of aldehydes is 1. The van der Waals surface area contributed by atoms with E-state index in [4.69, 9.17) is 10.2 Å². The molecule has 5 N–H and O–H groups in total. The largest absolute Gasteiger partial charge is 0.507 e. The Morgan fingerprint density at radius 3 is 2.40 bits per heavy atom. The minimum Gasteiger partial charge on any atom is -0.507 e. The summed E-state index contributed by atoms with van der Waals surface area (Å²) in [4.78, 5) is 44.1. The summed E-state index contributed by atoms with van der Waals surface area (Å²) < 4.78 is 26.8. The molecule has 0 heterocycles. The first kappa shape index (κ1) is 25.0. The lowest BCUT2D eigenvalue weighted by Gasteiger charge is -2.16. The normalized spacial score (nSPS) is 13.2. The SMILES string of the molecule is CC(CCCCNS(=O)(=O)c1ccc(O)c(C(=O)O)c1)C(=O)N[C@@H](CC=O)C(=O)O. The fourth-order valence-electron chi connectivity index (χ4n) is 2.48. The molecule has 0 saturated heterocycles. The van der Waals surface area contributed by atoms with Crippen LogP contribution in [0.25, 0.3) is 0 Å². The average molecular weight is 444 g/mol. The number of aromatic hydroxyl groups is 1. The van der Waals surface area contributed by atoms with Crippen LogP contribution in [0.4, 0.5) is 0 Å². The van der Waals surface area contributed by atoms with Gasteiger partial charge < -0.3 is 25.4 Å². The number of benzene rings is 1. The van der Waals surface area contributed by atoms with Gasteiger partial charge in [0, 0.05) is 18.9 Å². The van der Waals surface area contributed by atoms with Crippen molar-refractivity contribution in [1.29, 1.82) is 0 Å². The second-order valence-corrected chi connectivity index (χ2v) is 8.35. The molecule has 0 bridgehead atoms. The van der Waals surface area contributed by atoms with E-state index in [9.17, 15) is 32.7 Å². The zero-order valence-corrected chi connectivity index (χ0v) is 17.0. The number of hydrogen-bond acceptors (Lipinski definition) is 7. The minimum absolute atomic E-state index is 0.0306. The lowest BCUT2D eigenvalue weighted by molar-refractivity contribution is -0.143. The van der Waals surface area contributed by atoms with Crippen molar-refractivity contribution in [3.05, 3.63) is 23.8 Å². The molecule has 0 aliphatic heterocycles. The maximum absolute atomic E-state index is 12.2. The Kier molecular flexibility index (Phi) is 9.40. The van der Waals surface area contributed by atoms with Crippen LogP contribution in [0.2, 0.25) is 0 Å². The third-order valence-corrected chi connectivity index (χ3v) is 5.72.